The number of piperazine rings is 1. The smallest absolute Gasteiger partial charge is 0.116 e. The van der Waals surface area contributed by atoms with Gasteiger partial charge in [-0.2, -0.15) is 0 Å². The largest absolute Gasteiger partial charge is 0.508 e. The number of phenolic OH excluding ortho intramolecular Hbond substituents is 1. The van der Waals surface area contributed by atoms with Gasteiger partial charge in [0.15, 0.2) is 0 Å². The van der Waals surface area contributed by atoms with Gasteiger partial charge in [0.2, 0.25) is 0 Å². The SMILES string of the molecule is Cl.Oc1ccc2cc([C@@H](CCF)N3CCNCC3)ccc2c1. The van der Waals surface area contributed by atoms with Gasteiger partial charge in [-0.15, -0.1) is 12.4 Å². The van der Waals surface area contributed by atoms with E-state index in [1.165, 1.54) is 0 Å². The van der Waals surface area contributed by atoms with Crippen LogP contribution in [0.5, 0.6) is 5.75 Å². The summed E-state index contributed by atoms with van der Waals surface area (Å²) in [5.41, 5.74) is 1.16. The Kier molecular flexibility index (Phi) is 6.00. The first-order valence-electron chi connectivity index (χ1n) is 7.51. The first-order chi connectivity index (χ1) is 10.3. The maximum absolute atomic E-state index is 13.0. The maximum Gasteiger partial charge on any atom is 0.116 e. The Labute approximate surface area is 136 Å². The summed E-state index contributed by atoms with van der Waals surface area (Å²) in [4.78, 5) is 2.36. The fourth-order valence-corrected chi connectivity index (χ4v) is 3.12. The number of nitrogens with zero attached hydrogens (tertiary/aromatic N) is 1. The molecule has 2 aromatic carbocycles. The molecular formula is C17H22ClFN2O. The van der Waals surface area contributed by atoms with Gasteiger partial charge in [0.1, 0.15) is 5.75 Å². The van der Waals surface area contributed by atoms with Gasteiger partial charge in [-0.05, 0) is 41.0 Å². The highest BCUT2D eigenvalue weighted by Gasteiger charge is 2.22. The van der Waals surface area contributed by atoms with Crippen molar-refractivity contribution in [1.29, 1.82) is 0 Å². The van der Waals surface area contributed by atoms with E-state index in [1.807, 2.05) is 12.1 Å². The van der Waals surface area contributed by atoms with Crippen LogP contribution in [0.25, 0.3) is 10.8 Å². The Morgan fingerprint density at radius 1 is 1.09 bits per heavy atom. The van der Waals surface area contributed by atoms with Crippen molar-refractivity contribution in [2.24, 2.45) is 0 Å². The van der Waals surface area contributed by atoms with Crippen molar-refractivity contribution < 1.29 is 9.50 Å². The van der Waals surface area contributed by atoms with Gasteiger partial charge >= 0.3 is 0 Å². The average Bonchev–Trinajstić information content (AvgIpc) is 2.53. The minimum Gasteiger partial charge on any atom is -0.508 e. The maximum atomic E-state index is 13.0. The molecule has 0 spiro atoms. The van der Waals surface area contributed by atoms with Gasteiger partial charge in [-0.3, -0.25) is 9.29 Å². The van der Waals surface area contributed by atoms with Crippen LogP contribution in [0.2, 0.25) is 0 Å². The predicted molar refractivity (Wildman–Crippen MR) is 90.6 cm³/mol. The van der Waals surface area contributed by atoms with E-state index < -0.39 is 0 Å². The molecule has 1 aliphatic heterocycles. The van der Waals surface area contributed by atoms with E-state index in [9.17, 15) is 9.50 Å². The topological polar surface area (TPSA) is 35.5 Å². The Balaban J connectivity index is 0.00000176. The van der Waals surface area contributed by atoms with E-state index in [2.05, 4.69) is 22.3 Å². The third-order valence-corrected chi connectivity index (χ3v) is 4.21. The van der Waals surface area contributed by atoms with Gasteiger partial charge < -0.3 is 10.4 Å². The number of fused-ring (bicyclic) bond motifs is 1. The summed E-state index contributed by atoms with van der Waals surface area (Å²) < 4.78 is 13.0. The fourth-order valence-electron chi connectivity index (χ4n) is 3.12. The third kappa shape index (κ3) is 3.69. The van der Waals surface area contributed by atoms with E-state index in [0.29, 0.717) is 6.42 Å². The van der Waals surface area contributed by atoms with Gasteiger partial charge in [0.25, 0.3) is 0 Å². The first kappa shape index (κ1) is 17.0. The summed E-state index contributed by atoms with van der Waals surface area (Å²) in [6.07, 6.45) is 0.531. The van der Waals surface area contributed by atoms with E-state index in [-0.39, 0.29) is 30.9 Å². The number of alkyl halides is 1. The van der Waals surface area contributed by atoms with E-state index in [0.717, 1.165) is 42.5 Å². The molecule has 1 fully saturated rings. The second-order valence-corrected chi connectivity index (χ2v) is 5.57. The molecule has 22 heavy (non-hydrogen) atoms. The van der Waals surface area contributed by atoms with Crippen molar-refractivity contribution in [1.82, 2.24) is 10.2 Å². The van der Waals surface area contributed by atoms with Gasteiger partial charge in [0, 0.05) is 32.2 Å². The molecule has 5 heteroatoms. The Hall–Kier alpha value is -1.36. The summed E-state index contributed by atoms with van der Waals surface area (Å²) >= 11 is 0. The second-order valence-electron chi connectivity index (χ2n) is 5.57. The monoisotopic (exact) mass is 324 g/mol. The molecule has 2 aromatic rings. The molecule has 3 nitrogen and oxygen atoms in total. The lowest BCUT2D eigenvalue weighted by atomic mass is 9.98. The van der Waals surface area contributed by atoms with Crippen molar-refractivity contribution in [2.45, 2.75) is 12.5 Å². The highest BCUT2D eigenvalue weighted by molar-refractivity contribution is 5.85. The lowest BCUT2D eigenvalue weighted by Gasteiger charge is -2.35. The normalized spacial score (nSPS) is 17.1. The minimum absolute atomic E-state index is 0. The Bertz CT molecular complexity index is 617. The van der Waals surface area contributed by atoms with Crippen molar-refractivity contribution in [2.75, 3.05) is 32.9 Å². The van der Waals surface area contributed by atoms with Gasteiger partial charge in [-0.25, -0.2) is 0 Å². The minimum atomic E-state index is -0.303. The number of rotatable bonds is 4. The number of halogens is 2. The molecular weight excluding hydrogens is 303 g/mol. The van der Waals surface area contributed by atoms with E-state index in [1.54, 1.807) is 12.1 Å². The molecule has 120 valence electrons. The number of phenols is 1. The van der Waals surface area contributed by atoms with Crippen molar-refractivity contribution in [3.05, 3.63) is 42.0 Å². The van der Waals surface area contributed by atoms with E-state index >= 15 is 0 Å². The standard InChI is InChI=1S/C17H21FN2O.ClH/c18-6-5-17(20-9-7-19-8-10-20)15-2-1-14-12-16(21)4-3-13(14)11-15;/h1-4,11-12,17,19,21H,5-10H2;1H/t17-;/m1./s1. The molecule has 0 aromatic heterocycles. The second kappa shape index (κ2) is 7.77. The number of benzene rings is 2. The molecule has 0 aliphatic carbocycles. The summed E-state index contributed by atoms with van der Waals surface area (Å²) in [5, 5.41) is 15.0. The zero-order valence-electron chi connectivity index (χ0n) is 12.5. The third-order valence-electron chi connectivity index (χ3n) is 4.21. The van der Waals surface area contributed by atoms with Gasteiger partial charge in [-0.1, -0.05) is 18.2 Å². The summed E-state index contributed by atoms with van der Waals surface area (Å²) in [6, 6.07) is 11.7. The lowest BCUT2D eigenvalue weighted by Crippen LogP contribution is -2.45. The Morgan fingerprint density at radius 3 is 2.50 bits per heavy atom. The molecule has 0 unspecified atom stereocenters. The fraction of sp³-hybridized carbons (Fsp3) is 0.412. The number of hydrogen-bond donors (Lipinski definition) is 2. The highest BCUT2D eigenvalue weighted by Crippen LogP contribution is 2.29. The average molecular weight is 325 g/mol. The quantitative estimate of drug-likeness (QED) is 0.906. The molecule has 1 heterocycles. The highest BCUT2D eigenvalue weighted by atomic mass is 35.5. The summed E-state index contributed by atoms with van der Waals surface area (Å²) in [7, 11) is 0. The van der Waals surface area contributed by atoms with Crippen molar-refractivity contribution in [3.8, 4) is 5.75 Å². The van der Waals surface area contributed by atoms with Crippen LogP contribution in [-0.2, 0) is 0 Å². The molecule has 0 saturated carbocycles. The van der Waals surface area contributed by atoms with Crippen LogP contribution in [0.3, 0.4) is 0 Å². The van der Waals surface area contributed by atoms with Gasteiger partial charge in [0.05, 0.1) is 6.67 Å². The molecule has 0 amide bonds. The van der Waals surface area contributed by atoms with Crippen LogP contribution in [-0.4, -0.2) is 42.9 Å². The van der Waals surface area contributed by atoms with Crippen molar-refractivity contribution >= 4 is 23.2 Å². The lowest BCUT2D eigenvalue weighted by molar-refractivity contribution is 0.157. The van der Waals surface area contributed by atoms with Crippen LogP contribution in [0.1, 0.15) is 18.0 Å². The summed E-state index contributed by atoms with van der Waals surface area (Å²) in [5.74, 6) is 0.276. The van der Waals surface area contributed by atoms with Crippen LogP contribution in [0.15, 0.2) is 36.4 Å². The van der Waals surface area contributed by atoms with E-state index in [4.69, 9.17) is 0 Å². The zero-order valence-corrected chi connectivity index (χ0v) is 13.3. The van der Waals surface area contributed by atoms with Crippen LogP contribution < -0.4 is 5.32 Å². The van der Waals surface area contributed by atoms with Crippen molar-refractivity contribution in [3.63, 3.8) is 0 Å². The zero-order chi connectivity index (χ0) is 14.7. The summed E-state index contributed by atoms with van der Waals surface area (Å²) in [6.45, 7) is 3.53. The molecule has 0 radical (unpaired) electrons. The van der Waals surface area contributed by atoms with Crippen LogP contribution in [0.4, 0.5) is 4.39 Å². The predicted octanol–water partition coefficient (Wildman–Crippen LogP) is 3.27. The van der Waals surface area contributed by atoms with Crippen LogP contribution >= 0.6 is 12.4 Å². The molecule has 1 saturated heterocycles. The molecule has 2 N–H and O–H groups in total. The number of aromatic hydroxyl groups is 1. The first-order valence-corrected chi connectivity index (χ1v) is 7.51. The molecule has 1 atom stereocenters. The molecule has 0 bridgehead atoms. The number of nitrogens with one attached hydrogen (secondary N) is 1. The molecule has 1 aliphatic rings. The Morgan fingerprint density at radius 2 is 1.77 bits per heavy atom. The molecule has 3 rings (SSSR count). The van der Waals surface area contributed by atoms with Crippen LogP contribution in [0, 0.1) is 0 Å². The number of hydrogen-bond acceptors (Lipinski definition) is 3.